The molecule has 1 heterocycles. The molecule has 0 fully saturated rings. The van der Waals surface area contributed by atoms with Crippen molar-refractivity contribution in [2.45, 2.75) is 19.5 Å². The Balaban J connectivity index is 1.57. The summed E-state index contributed by atoms with van der Waals surface area (Å²) in [5.74, 6) is 1.33. The quantitative estimate of drug-likeness (QED) is 0.567. The van der Waals surface area contributed by atoms with Gasteiger partial charge in [0.2, 0.25) is 0 Å². The molecule has 0 atom stereocenters. The van der Waals surface area contributed by atoms with E-state index >= 15 is 0 Å². The number of nitrogens with one attached hydrogen (secondary N) is 2. The molecule has 0 aliphatic heterocycles. The highest BCUT2D eigenvalue weighted by Crippen LogP contribution is 2.29. The zero-order valence-electron chi connectivity index (χ0n) is 16.0. The van der Waals surface area contributed by atoms with Gasteiger partial charge < -0.3 is 24.7 Å². The number of aromatic nitrogens is 2. The molecule has 0 aliphatic carbocycles. The standard InChI is InChI=1S/C21H24N4O2S/c1-26-19-8-7-18(13-20(19)27-2)24-21(28)23-14-17-6-4-3-5-16(17)9-11-25-12-10-22-15-25/h3-8,10,12-13,15H,9,11,14H2,1-2H3,(H2,23,24,28). The van der Waals surface area contributed by atoms with Gasteiger partial charge in [-0.2, -0.15) is 0 Å². The van der Waals surface area contributed by atoms with Crippen LogP contribution in [-0.2, 0) is 19.5 Å². The lowest BCUT2D eigenvalue weighted by atomic mass is 10.0. The van der Waals surface area contributed by atoms with Crippen LogP contribution in [0.4, 0.5) is 5.69 Å². The molecule has 7 heteroatoms. The first kappa shape index (κ1) is 19.7. The zero-order chi connectivity index (χ0) is 19.8. The van der Waals surface area contributed by atoms with Crippen LogP contribution in [0.5, 0.6) is 11.5 Å². The molecule has 3 rings (SSSR count). The van der Waals surface area contributed by atoms with Gasteiger partial charge in [0, 0.05) is 37.2 Å². The molecular formula is C21H24N4O2S. The summed E-state index contributed by atoms with van der Waals surface area (Å²) in [6, 6.07) is 14.0. The van der Waals surface area contributed by atoms with Crippen molar-refractivity contribution < 1.29 is 9.47 Å². The number of anilines is 1. The van der Waals surface area contributed by atoms with Gasteiger partial charge in [0.15, 0.2) is 16.6 Å². The molecule has 3 aromatic rings. The number of thiocarbonyl (C=S) groups is 1. The lowest BCUT2D eigenvalue weighted by molar-refractivity contribution is 0.355. The van der Waals surface area contributed by atoms with Crippen LogP contribution in [0.1, 0.15) is 11.1 Å². The van der Waals surface area contributed by atoms with Crippen molar-refractivity contribution in [2.75, 3.05) is 19.5 Å². The van der Waals surface area contributed by atoms with Gasteiger partial charge in [-0.15, -0.1) is 0 Å². The fourth-order valence-electron chi connectivity index (χ4n) is 2.91. The highest BCUT2D eigenvalue weighted by atomic mass is 32.1. The molecule has 28 heavy (non-hydrogen) atoms. The van der Waals surface area contributed by atoms with Gasteiger partial charge >= 0.3 is 0 Å². The number of imidazole rings is 1. The van der Waals surface area contributed by atoms with E-state index in [9.17, 15) is 0 Å². The molecule has 146 valence electrons. The van der Waals surface area contributed by atoms with Crippen LogP contribution in [-0.4, -0.2) is 28.9 Å². The van der Waals surface area contributed by atoms with E-state index in [4.69, 9.17) is 21.7 Å². The van der Waals surface area contributed by atoms with Crippen LogP contribution in [0, 0.1) is 0 Å². The molecule has 0 unspecified atom stereocenters. The van der Waals surface area contributed by atoms with Crippen molar-refractivity contribution in [2.24, 2.45) is 0 Å². The maximum absolute atomic E-state index is 5.44. The highest BCUT2D eigenvalue weighted by Gasteiger charge is 2.07. The zero-order valence-corrected chi connectivity index (χ0v) is 16.8. The van der Waals surface area contributed by atoms with Gasteiger partial charge in [-0.3, -0.25) is 0 Å². The average Bonchev–Trinajstić information content (AvgIpc) is 3.25. The Bertz CT molecular complexity index is 913. The second kappa shape index (κ2) is 9.75. The molecule has 2 aromatic carbocycles. The topological polar surface area (TPSA) is 60.3 Å². The van der Waals surface area contributed by atoms with E-state index in [1.807, 2.05) is 36.8 Å². The molecular weight excluding hydrogens is 372 g/mol. The molecule has 0 saturated carbocycles. The van der Waals surface area contributed by atoms with Crippen LogP contribution in [0.3, 0.4) is 0 Å². The van der Waals surface area contributed by atoms with Crippen molar-refractivity contribution >= 4 is 23.0 Å². The highest BCUT2D eigenvalue weighted by molar-refractivity contribution is 7.80. The smallest absolute Gasteiger partial charge is 0.171 e. The minimum Gasteiger partial charge on any atom is -0.493 e. The third kappa shape index (κ3) is 5.23. The first-order valence-corrected chi connectivity index (χ1v) is 9.40. The number of aryl methyl sites for hydroxylation is 2. The third-order valence-corrected chi connectivity index (χ3v) is 4.64. The minimum atomic E-state index is 0.552. The van der Waals surface area contributed by atoms with Gasteiger partial charge in [-0.1, -0.05) is 24.3 Å². The van der Waals surface area contributed by atoms with Gasteiger partial charge in [-0.25, -0.2) is 4.98 Å². The fraction of sp³-hybridized carbons (Fsp3) is 0.238. The summed E-state index contributed by atoms with van der Waals surface area (Å²) in [6.07, 6.45) is 6.54. The average molecular weight is 397 g/mol. The van der Waals surface area contributed by atoms with Gasteiger partial charge in [0.1, 0.15) is 0 Å². The summed E-state index contributed by atoms with van der Waals surface area (Å²) < 4.78 is 12.7. The number of methoxy groups -OCH3 is 2. The van der Waals surface area contributed by atoms with E-state index < -0.39 is 0 Å². The van der Waals surface area contributed by atoms with E-state index in [1.54, 1.807) is 20.4 Å². The molecule has 0 bridgehead atoms. The van der Waals surface area contributed by atoms with E-state index in [1.165, 1.54) is 11.1 Å². The largest absolute Gasteiger partial charge is 0.493 e. The SMILES string of the molecule is COc1ccc(NC(=S)NCc2ccccc2CCn2ccnc2)cc1OC. The number of nitrogens with zero attached hydrogens (tertiary/aromatic N) is 2. The van der Waals surface area contributed by atoms with E-state index in [2.05, 4.69) is 38.4 Å². The number of rotatable bonds is 8. The maximum atomic E-state index is 5.44. The molecule has 0 amide bonds. The Kier molecular flexibility index (Phi) is 6.86. The number of hydrogen-bond donors (Lipinski definition) is 2. The Morgan fingerprint density at radius 1 is 1.07 bits per heavy atom. The normalized spacial score (nSPS) is 10.4. The minimum absolute atomic E-state index is 0.552. The summed E-state index contributed by atoms with van der Waals surface area (Å²) in [4.78, 5) is 4.09. The molecule has 0 radical (unpaired) electrons. The van der Waals surface area contributed by atoms with E-state index in [-0.39, 0.29) is 0 Å². The van der Waals surface area contributed by atoms with Crippen molar-refractivity contribution in [1.82, 2.24) is 14.9 Å². The van der Waals surface area contributed by atoms with Crippen LogP contribution in [0.15, 0.2) is 61.2 Å². The van der Waals surface area contributed by atoms with Crippen molar-refractivity contribution in [3.63, 3.8) is 0 Å². The third-order valence-electron chi connectivity index (χ3n) is 4.40. The van der Waals surface area contributed by atoms with Crippen LogP contribution >= 0.6 is 12.2 Å². The molecule has 2 N–H and O–H groups in total. The maximum Gasteiger partial charge on any atom is 0.171 e. The number of benzene rings is 2. The lowest BCUT2D eigenvalue weighted by Gasteiger charge is -2.15. The summed E-state index contributed by atoms with van der Waals surface area (Å²) in [7, 11) is 3.22. The van der Waals surface area contributed by atoms with Crippen molar-refractivity contribution in [3.05, 3.63) is 72.3 Å². The van der Waals surface area contributed by atoms with Crippen molar-refractivity contribution in [3.8, 4) is 11.5 Å². The summed E-state index contributed by atoms with van der Waals surface area (Å²) in [5, 5.41) is 7.01. The van der Waals surface area contributed by atoms with Gasteiger partial charge in [0.25, 0.3) is 0 Å². The van der Waals surface area contributed by atoms with Gasteiger partial charge in [0.05, 0.1) is 20.5 Å². The van der Waals surface area contributed by atoms with Gasteiger partial charge in [-0.05, 0) is 41.9 Å². The van der Waals surface area contributed by atoms with Crippen LogP contribution in [0.25, 0.3) is 0 Å². The van der Waals surface area contributed by atoms with E-state index in [0.717, 1.165) is 18.7 Å². The van der Waals surface area contributed by atoms with E-state index in [0.29, 0.717) is 23.2 Å². The Hall–Kier alpha value is -3.06. The fourth-order valence-corrected chi connectivity index (χ4v) is 3.10. The first-order chi connectivity index (χ1) is 13.7. The Labute approximate surface area is 170 Å². The Morgan fingerprint density at radius 2 is 1.86 bits per heavy atom. The Morgan fingerprint density at radius 3 is 2.57 bits per heavy atom. The van der Waals surface area contributed by atoms with Crippen LogP contribution in [0.2, 0.25) is 0 Å². The predicted octanol–water partition coefficient (Wildman–Crippen LogP) is 3.63. The number of ether oxygens (including phenoxy) is 2. The first-order valence-electron chi connectivity index (χ1n) is 8.99. The predicted molar refractivity (Wildman–Crippen MR) is 115 cm³/mol. The molecule has 0 saturated heterocycles. The lowest BCUT2D eigenvalue weighted by Crippen LogP contribution is -2.28. The molecule has 1 aromatic heterocycles. The summed E-state index contributed by atoms with van der Waals surface area (Å²) >= 11 is 5.44. The monoisotopic (exact) mass is 396 g/mol. The summed E-state index contributed by atoms with van der Waals surface area (Å²) in [5.41, 5.74) is 3.35. The number of hydrogen-bond acceptors (Lipinski definition) is 4. The second-order valence-corrected chi connectivity index (χ2v) is 6.60. The molecule has 0 aliphatic rings. The van der Waals surface area contributed by atoms with Crippen molar-refractivity contribution in [1.29, 1.82) is 0 Å². The summed E-state index contributed by atoms with van der Waals surface area (Å²) in [6.45, 7) is 1.55. The molecule has 0 spiro atoms. The molecule has 6 nitrogen and oxygen atoms in total. The van der Waals surface area contributed by atoms with Crippen LogP contribution < -0.4 is 20.1 Å². The second-order valence-electron chi connectivity index (χ2n) is 6.20.